The number of aliphatic carboxylic acids is 1. The van der Waals surface area contributed by atoms with Crippen LogP contribution in [-0.2, 0) is 20.8 Å². The van der Waals surface area contributed by atoms with Crippen molar-refractivity contribution < 1.29 is 24.2 Å². The number of ether oxygens (including phenoxy) is 1. The molecule has 2 rings (SSSR count). The van der Waals surface area contributed by atoms with Crippen molar-refractivity contribution in [3.63, 3.8) is 0 Å². The van der Waals surface area contributed by atoms with Crippen LogP contribution in [0.1, 0.15) is 19.4 Å². The predicted octanol–water partition coefficient (Wildman–Crippen LogP) is 1.37. The first-order valence-corrected chi connectivity index (χ1v) is 9.65. The zero-order valence-corrected chi connectivity index (χ0v) is 15.8. The Morgan fingerprint density at radius 1 is 1.35 bits per heavy atom. The molecule has 1 aliphatic heterocycles. The highest BCUT2D eigenvalue weighted by Gasteiger charge is 2.33. The molecule has 0 spiro atoms. The summed E-state index contributed by atoms with van der Waals surface area (Å²) in [4.78, 5) is 36.9. The van der Waals surface area contributed by atoms with Crippen molar-refractivity contribution in [1.29, 1.82) is 0 Å². The number of nitrogens with zero attached hydrogens (tertiary/aromatic N) is 1. The Morgan fingerprint density at radius 2 is 2.04 bits per heavy atom. The molecule has 0 aromatic heterocycles. The molecule has 1 heterocycles. The zero-order chi connectivity index (χ0) is 19.1. The van der Waals surface area contributed by atoms with Crippen LogP contribution in [0.2, 0.25) is 0 Å². The fraction of sp³-hybridized carbons (Fsp3) is 0.500. The van der Waals surface area contributed by atoms with Crippen LogP contribution in [0, 0.1) is 5.92 Å². The molecule has 0 radical (unpaired) electrons. The van der Waals surface area contributed by atoms with Crippen molar-refractivity contribution in [2.45, 2.75) is 26.3 Å². The summed E-state index contributed by atoms with van der Waals surface area (Å²) in [5, 5.41) is 12.1. The standard InChI is InChI=1S/C18H24N2O5S/c1-3-25-15-6-4-13(5-7-15)8-14(18(23)24)9-19-17(22)16-10-26-11-20(16)12(2)21/h4-7,14,16H,3,8-11H2,1-2H3,(H,19,22)(H,23,24)/t14-,16-/m1/s1. The molecule has 26 heavy (non-hydrogen) atoms. The number of thioether (sulfide) groups is 1. The van der Waals surface area contributed by atoms with E-state index in [0.29, 0.717) is 24.7 Å². The molecule has 1 aliphatic rings. The fourth-order valence-electron chi connectivity index (χ4n) is 2.73. The molecule has 1 aromatic carbocycles. The number of nitrogens with one attached hydrogen (secondary N) is 1. The molecule has 2 amide bonds. The Bertz CT molecular complexity index is 649. The Balaban J connectivity index is 1.92. The van der Waals surface area contributed by atoms with Gasteiger partial charge in [-0.25, -0.2) is 0 Å². The third-order valence-electron chi connectivity index (χ3n) is 4.18. The van der Waals surface area contributed by atoms with Crippen LogP contribution in [0.5, 0.6) is 5.75 Å². The lowest BCUT2D eigenvalue weighted by Gasteiger charge is -2.22. The molecule has 1 fully saturated rings. The number of carbonyl (C=O) groups excluding carboxylic acids is 2. The molecule has 1 aromatic rings. The molecule has 7 nitrogen and oxygen atoms in total. The minimum absolute atomic E-state index is 0.0221. The number of amides is 2. The Morgan fingerprint density at radius 3 is 2.62 bits per heavy atom. The number of hydrogen-bond donors (Lipinski definition) is 2. The van der Waals surface area contributed by atoms with E-state index in [0.717, 1.165) is 11.3 Å². The van der Waals surface area contributed by atoms with E-state index in [1.807, 2.05) is 19.1 Å². The van der Waals surface area contributed by atoms with Crippen LogP contribution in [-0.4, -0.2) is 58.6 Å². The highest BCUT2D eigenvalue weighted by molar-refractivity contribution is 7.99. The molecular weight excluding hydrogens is 356 g/mol. The van der Waals surface area contributed by atoms with E-state index in [4.69, 9.17) is 4.74 Å². The van der Waals surface area contributed by atoms with Gasteiger partial charge in [-0.15, -0.1) is 11.8 Å². The Kier molecular flexibility index (Phi) is 7.32. The van der Waals surface area contributed by atoms with Crippen molar-refractivity contribution in [3.05, 3.63) is 29.8 Å². The average molecular weight is 380 g/mol. The average Bonchev–Trinajstić information content (AvgIpc) is 3.10. The first kappa shape index (κ1) is 20.1. The van der Waals surface area contributed by atoms with Crippen LogP contribution >= 0.6 is 11.8 Å². The van der Waals surface area contributed by atoms with Crippen LogP contribution in [0.15, 0.2) is 24.3 Å². The Labute approximate surface area is 157 Å². The third kappa shape index (κ3) is 5.39. The second-order valence-corrected chi connectivity index (χ2v) is 7.07. The largest absolute Gasteiger partial charge is 0.494 e. The van der Waals surface area contributed by atoms with Gasteiger partial charge in [0.15, 0.2) is 0 Å². The number of benzene rings is 1. The first-order chi connectivity index (χ1) is 12.4. The van der Waals surface area contributed by atoms with E-state index in [2.05, 4.69) is 5.32 Å². The summed E-state index contributed by atoms with van der Waals surface area (Å²) in [5.74, 6) is -0.411. The first-order valence-electron chi connectivity index (χ1n) is 8.49. The van der Waals surface area contributed by atoms with Crippen molar-refractivity contribution in [2.75, 3.05) is 24.8 Å². The Hall–Kier alpha value is -2.22. The monoisotopic (exact) mass is 380 g/mol. The maximum atomic E-state index is 12.3. The lowest BCUT2D eigenvalue weighted by Crippen LogP contribution is -2.48. The van der Waals surface area contributed by atoms with Gasteiger partial charge in [-0.1, -0.05) is 12.1 Å². The van der Waals surface area contributed by atoms with Gasteiger partial charge in [0, 0.05) is 19.2 Å². The van der Waals surface area contributed by atoms with Gasteiger partial charge in [0.05, 0.1) is 18.4 Å². The van der Waals surface area contributed by atoms with E-state index in [1.54, 1.807) is 12.1 Å². The minimum Gasteiger partial charge on any atom is -0.494 e. The molecule has 2 N–H and O–H groups in total. The summed E-state index contributed by atoms with van der Waals surface area (Å²) in [6.07, 6.45) is 0.303. The van der Waals surface area contributed by atoms with E-state index >= 15 is 0 Å². The molecule has 1 saturated heterocycles. The summed E-state index contributed by atoms with van der Waals surface area (Å²) in [5.41, 5.74) is 0.858. The van der Waals surface area contributed by atoms with Gasteiger partial charge in [0.25, 0.3) is 0 Å². The topological polar surface area (TPSA) is 95.9 Å². The lowest BCUT2D eigenvalue weighted by atomic mass is 9.99. The molecule has 0 bridgehead atoms. The molecular formula is C18H24N2O5S. The SMILES string of the molecule is CCOc1ccc(C[C@H](CNC(=O)[C@H]2CSCN2C(C)=O)C(=O)O)cc1. The molecule has 8 heteroatoms. The van der Waals surface area contributed by atoms with Gasteiger partial charge in [0.2, 0.25) is 11.8 Å². The van der Waals surface area contributed by atoms with Crippen molar-refractivity contribution in [2.24, 2.45) is 5.92 Å². The second-order valence-electron chi connectivity index (χ2n) is 6.07. The number of hydrogen-bond acceptors (Lipinski definition) is 5. The van der Waals surface area contributed by atoms with Gasteiger partial charge < -0.3 is 20.1 Å². The summed E-state index contributed by atoms with van der Waals surface area (Å²) < 4.78 is 5.37. The molecule has 0 aliphatic carbocycles. The second kappa shape index (κ2) is 9.47. The van der Waals surface area contributed by atoms with Gasteiger partial charge in [-0.2, -0.15) is 0 Å². The van der Waals surface area contributed by atoms with Crippen molar-refractivity contribution in [1.82, 2.24) is 10.2 Å². The van der Waals surface area contributed by atoms with Crippen LogP contribution in [0.3, 0.4) is 0 Å². The number of rotatable bonds is 8. The normalized spacial score (nSPS) is 17.6. The molecule has 0 unspecified atom stereocenters. The highest BCUT2D eigenvalue weighted by Crippen LogP contribution is 2.21. The lowest BCUT2D eigenvalue weighted by molar-refractivity contribution is -0.142. The molecule has 0 saturated carbocycles. The number of carboxylic acids is 1. The van der Waals surface area contributed by atoms with Gasteiger partial charge >= 0.3 is 5.97 Å². The zero-order valence-electron chi connectivity index (χ0n) is 14.9. The maximum Gasteiger partial charge on any atom is 0.308 e. The van der Waals surface area contributed by atoms with Gasteiger partial charge in [-0.3, -0.25) is 14.4 Å². The number of carbonyl (C=O) groups is 3. The van der Waals surface area contributed by atoms with Crippen molar-refractivity contribution >= 4 is 29.5 Å². The smallest absolute Gasteiger partial charge is 0.308 e. The minimum atomic E-state index is -0.969. The van der Waals surface area contributed by atoms with Crippen molar-refractivity contribution in [3.8, 4) is 5.75 Å². The summed E-state index contributed by atoms with van der Waals surface area (Å²) in [6, 6.07) is 6.73. The number of carboxylic acid groups (broad SMARTS) is 1. The fourth-order valence-corrected chi connectivity index (χ4v) is 3.95. The van der Waals surface area contributed by atoms with E-state index < -0.39 is 17.9 Å². The predicted molar refractivity (Wildman–Crippen MR) is 99.1 cm³/mol. The van der Waals surface area contributed by atoms with Gasteiger partial charge in [0.1, 0.15) is 11.8 Å². The molecule has 2 atom stereocenters. The van der Waals surface area contributed by atoms with E-state index in [-0.39, 0.29) is 18.4 Å². The highest BCUT2D eigenvalue weighted by atomic mass is 32.2. The van der Waals surface area contributed by atoms with E-state index in [1.165, 1.54) is 23.6 Å². The van der Waals surface area contributed by atoms with Crippen LogP contribution in [0.4, 0.5) is 0 Å². The van der Waals surface area contributed by atoms with E-state index in [9.17, 15) is 19.5 Å². The third-order valence-corrected chi connectivity index (χ3v) is 5.19. The summed E-state index contributed by atoms with van der Waals surface area (Å²) >= 11 is 1.51. The molecule has 142 valence electrons. The summed E-state index contributed by atoms with van der Waals surface area (Å²) in [6.45, 7) is 3.92. The maximum absolute atomic E-state index is 12.3. The van der Waals surface area contributed by atoms with Crippen LogP contribution in [0.25, 0.3) is 0 Å². The van der Waals surface area contributed by atoms with Gasteiger partial charge in [-0.05, 0) is 31.0 Å². The summed E-state index contributed by atoms with van der Waals surface area (Å²) in [7, 11) is 0. The quantitative estimate of drug-likeness (QED) is 0.707. The van der Waals surface area contributed by atoms with Crippen LogP contribution < -0.4 is 10.1 Å².